The maximum atomic E-state index is 11.5. The Morgan fingerprint density at radius 3 is 3.10 bits per heavy atom. The normalized spacial score (nSPS) is 19.0. The molecule has 2 N–H and O–H groups in total. The van der Waals surface area contributed by atoms with Crippen LogP contribution in [0.5, 0.6) is 0 Å². The molecule has 5 nitrogen and oxygen atoms in total. The molecular weight excluding hydrogens is 266 g/mol. The second-order valence-corrected chi connectivity index (χ2v) is 6.00. The number of pyridine rings is 1. The van der Waals surface area contributed by atoms with Crippen LogP contribution in [0.25, 0.3) is 0 Å². The topological polar surface area (TPSA) is 68.5 Å². The highest BCUT2D eigenvalue weighted by molar-refractivity contribution is 5.97. The number of amides is 1. The number of morpholine rings is 1. The van der Waals surface area contributed by atoms with Crippen molar-refractivity contribution in [3.8, 4) is 0 Å². The molecule has 5 heteroatoms. The second kappa shape index (κ2) is 7.41. The molecule has 0 aliphatic carbocycles. The largest absolute Gasteiger partial charge is 0.375 e. The fraction of sp³-hybridized carbons (Fsp3) is 0.625. The van der Waals surface area contributed by atoms with Crippen LogP contribution < -0.4 is 10.6 Å². The zero-order valence-corrected chi connectivity index (χ0v) is 12.9. The lowest BCUT2D eigenvalue weighted by molar-refractivity contribution is 0.0328. The molecule has 0 spiro atoms. The van der Waals surface area contributed by atoms with Crippen LogP contribution in [-0.4, -0.2) is 36.7 Å². The number of hydrogen-bond donors (Lipinski definition) is 1. The first-order chi connectivity index (χ1) is 10.1. The Morgan fingerprint density at radius 1 is 1.57 bits per heavy atom. The van der Waals surface area contributed by atoms with E-state index in [9.17, 15) is 4.79 Å². The van der Waals surface area contributed by atoms with Crippen molar-refractivity contribution in [1.29, 1.82) is 0 Å². The van der Waals surface area contributed by atoms with E-state index in [1.165, 1.54) is 12.8 Å². The number of nitrogens with two attached hydrogens (primary N) is 1. The van der Waals surface area contributed by atoms with Gasteiger partial charge in [-0.2, -0.15) is 0 Å². The Balaban J connectivity index is 1.99. The molecule has 1 aliphatic heterocycles. The van der Waals surface area contributed by atoms with Crippen molar-refractivity contribution in [2.45, 2.75) is 39.2 Å². The number of rotatable bonds is 6. The van der Waals surface area contributed by atoms with Crippen molar-refractivity contribution in [2.75, 3.05) is 24.6 Å². The van der Waals surface area contributed by atoms with Gasteiger partial charge in [-0.15, -0.1) is 0 Å². The molecule has 21 heavy (non-hydrogen) atoms. The zero-order valence-electron chi connectivity index (χ0n) is 12.9. The van der Waals surface area contributed by atoms with Gasteiger partial charge in [-0.05, 0) is 24.5 Å². The van der Waals surface area contributed by atoms with Gasteiger partial charge in [0, 0.05) is 19.3 Å². The molecule has 2 heterocycles. The average Bonchev–Trinajstić information content (AvgIpc) is 2.47. The number of primary amides is 1. The van der Waals surface area contributed by atoms with Crippen LogP contribution in [0, 0.1) is 5.92 Å². The molecule has 1 aliphatic rings. The van der Waals surface area contributed by atoms with Gasteiger partial charge in [-0.25, -0.2) is 4.98 Å². The Bertz CT molecular complexity index is 476. The standard InChI is InChI=1S/C16H25N3O2/c1-12(2)5-3-6-13-11-19(9-10-21-13)16-14(15(17)20)7-4-8-18-16/h4,7-8,12-13H,3,5-6,9-11H2,1-2H3,(H2,17,20). The predicted octanol–water partition coefficient (Wildman–Crippen LogP) is 2.21. The summed E-state index contributed by atoms with van der Waals surface area (Å²) in [5, 5.41) is 0. The van der Waals surface area contributed by atoms with Crippen LogP contribution in [0.15, 0.2) is 18.3 Å². The third kappa shape index (κ3) is 4.43. The highest BCUT2D eigenvalue weighted by Gasteiger charge is 2.24. The quantitative estimate of drug-likeness (QED) is 0.872. The molecule has 0 aromatic carbocycles. The van der Waals surface area contributed by atoms with Gasteiger partial charge in [0.25, 0.3) is 5.91 Å². The van der Waals surface area contributed by atoms with Crippen molar-refractivity contribution >= 4 is 11.7 Å². The lowest BCUT2D eigenvalue weighted by atomic mass is 10.0. The minimum absolute atomic E-state index is 0.209. The highest BCUT2D eigenvalue weighted by atomic mass is 16.5. The molecule has 1 saturated heterocycles. The first-order valence-electron chi connectivity index (χ1n) is 7.69. The number of aromatic nitrogens is 1. The molecule has 116 valence electrons. The Labute approximate surface area is 126 Å². The van der Waals surface area contributed by atoms with E-state index >= 15 is 0 Å². The third-order valence-corrected chi connectivity index (χ3v) is 3.80. The lowest BCUT2D eigenvalue weighted by Gasteiger charge is -2.34. The summed E-state index contributed by atoms with van der Waals surface area (Å²) < 4.78 is 5.83. The van der Waals surface area contributed by atoms with E-state index in [0.717, 1.165) is 25.4 Å². The highest BCUT2D eigenvalue weighted by Crippen LogP contribution is 2.21. The predicted molar refractivity (Wildman–Crippen MR) is 83.4 cm³/mol. The number of nitrogens with zero attached hydrogens (tertiary/aromatic N) is 2. The molecule has 1 aromatic rings. The summed E-state index contributed by atoms with van der Waals surface area (Å²) in [4.78, 5) is 18.0. The number of ether oxygens (including phenoxy) is 1. The van der Waals surface area contributed by atoms with Crippen LogP contribution in [0.2, 0.25) is 0 Å². The maximum Gasteiger partial charge on any atom is 0.252 e. The van der Waals surface area contributed by atoms with Gasteiger partial charge in [0.2, 0.25) is 0 Å². The number of carbonyl (C=O) groups excluding carboxylic acids is 1. The summed E-state index contributed by atoms with van der Waals surface area (Å²) in [5.41, 5.74) is 5.92. The number of hydrogen-bond acceptors (Lipinski definition) is 4. The number of anilines is 1. The van der Waals surface area contributed by atoms with E-state index in [0.29, 0.717) is 18.0 Å². The van der Waals surface area contributed by atoms with Gasteiger partial charge in [0.1, 0.15) is 5.82 Å². The van der Waals surface area contributed by atoms with E-state index < -0.39 is 5.91 Å². The summed E-state index contributed by atoms with van der Waals surface area (Å²) in [6, 6.07) is 3.47. The third-order valence-electron chi connectivity index (χ3n) is 3.80. The van der Waals surface area contributed by atoms with E-state index in [2.05, 4.69) is 23.7 Å². The van der Waals surface area contributed by atoms with Gasteiger partial charge in [-0.3, -0.25) is 4.79 Å². The molecule has 1 fully saturated rings. The van der Waals surface area contributed by atoms with E-state index in [1.54, 1.807) is 18.3 Å². The monoisotopic (exact) mass is 291 g/mol. The molecule has 0 radical (unpaired) electrons. The molecule has 1 unspecified atom stereocenters. The van der Waals surface area contributed by atoms with Gasteiger partial charge < -0.3 is 15.4 Å². The van der Waals surface area contributed by atoms with Gasteiger partial charge >= 0.3 is 0 Å². The number of carbonyl (C=O) groups is 1. The Morgan fingerprint density at radius 2 is 2.38 bits per heavy atom. The van der Waals surface area contributed by atoms with Crippen molar-refractivity contribution in [3.63, 3.8) is 0 Å². The second-order valence-electron chi connectivity index (χ2n) is 6.00. The van der Waals surface area contributed by atoms with Crippen molar-refractivity contribution in [2.24, 2.45) is 11.7 Å². The maximum absolute atomic E-state index is 11.5. The van der Waals surface area contributed by atoms with Gasteiger partial charge in [0.15, 0.2) is 0 Å². The molecule has 1 amide bonds. The van der Waals surface area contributed by atoms with Crippen molar-refractivity contribution in [1.82, 2.24) is 4.98 Å². The first kappa shape index (κ1) is 15.8. The molecule has 2 rings (SSSR count). The van der Waals surface area contributed by atoms with Crippen molar-refractivity contribution < 1.29 is 9.53 Å². The van der Waals surface area contributed by atoms with Crippen LogP contribution in [-0.2, 0) is 4.74 Å². The summed E-state index contributed by atoms with van der Waals surface area (Å²) in [6.07, 6.45) is 5.34. The van der Waals surface area contributed by atoms with E-state index in [4.69, 9.17) is 10.5 Å². The summed E-state index contributed by atoms with van der Waals surface area (Å²) in [7, 11) is 0. The molecular formula is C16H25N3O2. The van der Waals surface area contributed by atoms with E-state index in [1.807, 2.05) is 0 Å². The van der Waals surface area contributed by atoms with Crippen LogP contribution in [0.3, 0.4) is 0 Å². The smallest absolute Gasteiger partial charge is 0.252 e. The molecule has 1 aromatic heterocycles. The lowest BCUT2D eigenvalue weighted by Crippen LogP contribution is -2.43. The summed E-state index contributed by atoms with van der Waals surface area (Å²) in [6.45, 7) is 6.66. The minimum Gasteiger partial charge on any atom is -0.375 e. The molecule has 0 saturated carbocycles. The Kier molecular flexibility index (Phi) is 5.56. The van der Waals surface area contributed by atoms with Crippen LogP contribution >= 0.6 is 0 Å². The fourth-order valence-electron chi connectivity index (χ4n) is 2.68. The average molecular weight is 291 g/mol. The fourth-order valence-corrected chi connectivity index (χ4v) is 2.68. The molecule has 0 bridgehead atoms. The Hall–Kier alpha value is -1.62. The van der Waals surface area contributed by atoms with E-state index in [-0.39, 0.29) is 6.10 Å². The first-order valence-corrected chi connectivity index (χ1v) is 7.69. The zero-order chi connectivity index (χ0) is 15.2. The van der Waals surface area contributed by atoms with Crippen molar-refractivity contribution in [3.05, 3.63) is 23.9 Å². The SMILES string of the molecule is CC(C)CCCC1CN(c2ncccc2C(N)=O)CCO1. The van der Waals surface area contributed by atoms with Crippen LogP contribution in [0.4, 0.5) is 5.82 Å². The summed E-state index contributed by atoms with van der Waals surface area (Å²) in [5.74, 6) is 0.977. The van der Waals surface area contributed by atoms with Gasteiger partial charge in [0.05, 0.1) is 18.3 Å². The minimum atomic E-state index is -0.430. The van der Waals surface area contributed by atoms with Gasteiger partial charge in [-0.1, -0.05) is 26.7 Å². The van der Waals surface area contributed by atoms with Crippen LogP contribution in [0.1, 0.15) is 43.5 Å². The summed E-state index contributed by atoms with van der Waals surface area (Å²) >= 11 is 0. The molecule has 1 atom stereocenters.